The number of halogens is 1. The van der Waals surface area contributed by atoms with Gasteiger partial charge in [0, 0.05) is 18.3 Å². The zero-order chi connectivity index (χ0) is 13.8. The fourth-order valence-electron chi connectivity index (χ4n) is 2.33. The summed E-state index contributed by atoms with van der Waals surface area (Å²) in [5.41, 5.74) is 6.88. The number of anilines is 1. The summed E-state index contributed by atoms with van der Waals surface area (Å²) in [6.45, 7) is 4.65. The quantitative estimate of drug-likeness (QED) is 0.907. The molecular formula is C16H25ClN2O. The maximum absolute atomic E-state index is 12.6. The van der Waals surface area contributed by atoms with Crippen molar-refractivity contribution >= 4 is 24.0 Å². The summed E-state index contributed by atoms with van der Waals surface area (Å²) in [6, 6.07) is 9.83. The van der Waals surface area contributed by atoms with Crippen LogP contribution < -0.4 is 10.6 Å². The minimum atomic E-state index is -0.139. The van der Waals surface area contributed by atoms with Crippen LogP contribution in [0, 0.1) is 11.8 Å². The van der Waals surface area contributed by atoms with Gasteiger partial charge in [-0.3, -0.25) is 4.79 Å². The van der Waals surface area contributed by atoms with Gasteiger partial charge in [-0.05, 0) is 37.8 Å². The first-order valence-corrected chi connectivity index (χ1v) is 7.21. The van der Waals surface area contributed by atoms with Crippen LogP contribution in [-0.4, -0.2) is 18.5 Å². The molecule has 1 amide bonds. The molecule has 1 fully saturated rings. The number of para-hydroxylation sites is 1. The summed E-state index contributed by atoms with van der Waals surface area (Å²) in [5, 5.41) is 0. The van der Waals surface area contributed by atoms with E-state index in [1.54, 1.807) is 0 Å². The minimum Gasteiger partial charge on any atom is -0.327 e. The SMILES string of the molecule is CC(N)C(C)C(=O)N(CC1CCC1)c1ccccc1.Cl. The van der Waals surface area contributed by atoms with Crippen LogP contribution in [-0.2, 0) is 4.79 Å². The van der Waals surface area contributed by atoms with Crippen molar-refractivity contribution in [3.63, 3.8) is 0 Å². The zero-order valence-corrected chi connectivity index (χ0v) is 13.1. The highest BCUT2D eigenvalue weighted by Gasteiger charge is 2.28. The second-order valence-corrected chi connectivity index (χ2v) is 5.73. The molecule has 1 aromatic rings. The molecule has 112 valence electrons. The number of nitrogens with zero attached hydrogens (tertiary/aromatic N) is 1. The fourth-order valence-corrected chi connectivity index (χ4v) is 2.33. The normalized spacial score (nSPS) is 17.6. The fraction of sp³-hybridized carbons (Fsp3) is 0.562. The van der Waals surface area contributed by atoms with Crippen LogP contribution in [0.5, 0.6) is 0 Å². The van der Waals surface area contributed by atoms with Crippen LogP contribution in [0.1, 0.15) is 33.1 Å². The van der Waals surface area contributed by atoms with Crippen LogP contribution >= 0.6 is 12.4 Å². The molecule has 4 heteroatoms. The monoisotopic (exact) mass is 296 g/mol. The van der Waals surface area contributed by atoms with Crippen LogP contribution in [0.4, 0.5) is 5.69 Å². The van der Waals surface area contributed by atoms with Gasteiger partial charge in [0.25, 0.3) is 0 Å². The van der Waals surface area contributed by atoms with E-state index in [0.29, 0.717) is 5.92 Å². The van der Waals surface area contributed by atoms with E-state index < -0.39 is 0 Å². The molecule has 1 aliphatic rings. The molecule has 1 saturated carbocycles. The second-order valence-electron chi connectivity index (χ2n) is 5.73. The molecule has 20 heavy (non-hydrogen) atoms. The van der Waals surface area contributed by atoms with Crippen molar-refractivity contribution in [3.05, 3.63) is 30.3 Å². The molecule has 0 saturated heterocycles. The topological polar surface area (TPSA) is 46.3 Å². The first-order valence-electron chi connectivity index (χ1n) is 7.21. The molecule has 3 nitrogen and oxygen atoms in total. The maximum Gasteiger partial charge on any atom is 0.231 e. The van der Waals surface area contributed by atoms with Crippen molar-refractivity contribution < 1.29 is 4.79 Å². The van der Waals surface area contributed by atoms with Crippen molar-refractivity contribution in [3.8, 4) is 0 Å². The average Bonchev–Trinajstić information content (AvgIpc) is 2.37. The molecule has 1 aromatic carbocycles. The van der Waals surface area contributed by atoms with Gasteiger partial charge in [-0.2, -0.15) is 0 Å². The summed E-state index contributed by atoms with van der Waals surface area (Å²) in [6.07, 6.45) is 3.77. The van der Waals surface area contributed by atoms with Gasteiger partial charge in [-0.25, -0.2) is 0 Å². The van der Waals surface area contributed by atoms with Gasteiger partial charge in [0.1, 0.15) is 0 Å². The Bertz CT molecular complexity index is 418. The van der Waals surface area contributed by atoms with Crippen molar-refractivity contribution in [2.45, 2.75) is 39.2 Å². The van der Waals surface area contributed by atoms with E-state index in [2.05, 4.69) is 0 Å². The molecule has 2 N–H and O–H groups in total. The van der Waals surface area contributed by atoms with E-state index in [-0.39, 0.29) is 30.3 Å². The lowest BCUT2D eigenvalue weighted by molar-refractivity contribution is -0.122. The van der Waals surface area contributed by atoms with E-state index in [1.807, 2.05) is 49.1 Å². The van der Waals surface area contributed by atoms with E-state index >= 15 is 0 Å². The molecule has 0 spiro atoms. The van der Waals surface area contributed by atoms with Gasteiger partial charge in [0.15, 0.2) is 0 Å². The number of amides is 1. The Hall–Kier alpha value is -1.06. The van der Waals surface area contributed by atoms with E-state index in [1.165, 1.54) is 19.3 Å². The van der Waals surface area contributed by atoms with Crippen LogP contribution in [0.2, 0.25) is 0 Å². The van der Waals surface area contributed by atoms with Crippen LogP contribution in [0.15, 0.2) is 30.3 Å². The smallest absolute Gasteiger partial charge is 0.231 e. The summed E-state index contributed by atoms with van der Waals surface area (Å²) < 4.78 is 0. The minimum absolute atomic E-state index is 0. The zero-order valence-electron chi connectivity index (χ0n) is 12.3. The third-order valence-electron chi connectivity index (χ3n) is 4.18. The lowest BCUT2D eigenvalue weighted by Gasteiger charge is -2.34. The molecule has 0 bridgehead atoms. The molecule has 1 aliphatic carbocycles. The third kappa shape index (κ3) is 3.97. The average molecular weight is 297 g/mol. The van der Waals surface area contributed by atoms with Crippen molar-refractivity contribution in [2.75, 3.05) is 11.4 Å². The molecule has 0 heterocycles. The van der Waals surface area contributed by atoms with Gasteiger partial charge in [0.2, 0.25) is 5.91 Å². The highest BCUT2D eigenvalue weighted by molar-refractivity contribution is 5.95. The van der Waals surface area contributed by atoms with E-state index in [0.717, 1.165) is 12.2 Å². The molecule has 2 atom stereocenters. The molecule has 2 unspecified atom stereocenters. The predicted octanol–water partition coefficient (Wildman–Crippen LogP) is 3.22. The Morgan fingerprint density at radius 2 is 1.90 bits per heavy atom. The summed E-state index contributed by atoms with van der Waals surface area (Å²) in [4.78, 5) is 14.5. The lowest BCUT2D eigenvalue weighted by atomic mass is 9.84. The first kappa shape index (κ1) is 17.0. The third-order valence-corrected chi connectivity index (χ3v) is 4.18. The summed E-state index contributed by atoms with van der Waals surface area (Å²) in [7, 11) is 0. The Morgan fingerprint density at radius 3 is 2.35 bits per heavy atom. The molecule has 0 radical (unpaired) electrons. The molecule has 0 aliphatic heterocycles. The number of benzene rings is 1. The Labute approximate surface area is 127 Å². The highest BCUT2D eigenvalue weighted by Crippen LogP contribution is 2.29. The predicted molar refractivity (Wildman–Crippen MR) is 86.2 cm³/mol. The summed E-state index contributed by atoms with van der Waals surface area (Å²) >= 11 is 0. The lowest BCUT2D eigenvalue weighted by Crippen LogP contribution is -2.44. The maximum atomic E-state index is 12.6. The number of carbonyl (C=O) groups is 1. The van der Waals surface area contributed by atoms with Crippen LogP contribution in [0.25, 0.3) is 0 Å². The summed E-state index contributed by atoms with van der Waals surface area (Å²) in [5.74, 6) is 0.665. The second kappa shape index (κ2) is 7.65. The van der Waals surface area contributed by atoms with Gasteiger partial charge < -0.3 is 10.6 Å². The largest absolute Gasteiger partial charge is 0.327 e. The van der Waals surface area contributed by atoms with Gasteiger partial charge in [0.05, 0.1) is 5.92 Å². The Balaban J connectivity index is 0.00000200. The Kier molecular flexibility index (Phi) is 6.50. The van der Waals surface area contributed by atoms with E-state index in [4.69, 9.17) is 5.73 Å². The Morgan fingerprint density at radius 1 is 1.30 bits per heavy atom. The van der Waals surface area contributed by atoms with Crippen LogP contribution in [0.3, 0.4) is 0 Å². The first-order chi connectivity index (χ1) is 9.09. The van der Waals surface area contributed by atoms with Crippen molar-refractivity contribution in [1.29, 1.82) is 0 Å². The molecular weight excluding hydrogens is 272 g/mol. The number of nitrogens with two attached hydrogens (primary N) is 1. The van der Waals surface area contributed by atoms with Gasteiger partial charge >= 0.3 is 0 Å². The molecule has 2 rings (SSSR count). The van der Waals surface area contributed by atoms with E-state index in [9.17, 15) is 4.79 Å². The standard InChI is InChI=1S/C16H24N2O.ClH/c1-12(13(2)17)16(19)18(11-14-7-6-8-14)15-9-4-3-5-10-15;/h3-5,9-10,12-14H,6-8,11,17H2,1-2H3;1H. The highest BCUT2D eigenvalue weighted by atomic mass is 35.5. The van der Waals surface area contributed by atoms with Gasteiger partial charge in [-0.15, -0.1) is 12.4 Å². The number of hydrogen-bond acceptors (Lipinski definition) is 2. The van der Waals surface area contributed by atoms with Crippen molar-refractivity contribution in [2.24, 2.45) is 17.6 Å². The number of rotatable bonds is 5. The number of carbonyl (C=O) groups excluding carboxylic acids is 1. The number of hydrogen-bond donors (Lipinski definition) is 1. The molecule has 0 aromatic heterocycles. The van der Waals surface area contributed by atoms with Crippen molar-refractivity contribution in [1.82, 2.24) is 0 Å². The van der Waals surface area contributed by atoms with Gasteiger partial charge in [-0.1, -0.05) is 31.5 Å².